The lowest BCUT2D eigenvalue weighted by molar-refractivity contribution is 0.101. The molecule has 0 bridgehead atoms. The molecule has 1 heterocycles. The van der Waals surface area contributed by atoms with E-state index in [-0.39, 0.29) is 5.82 Å². The molecule has 100 valence electrons. The number of methoxy groups -OCH3 is 2. The second-order valence-electron chi connectivity index (χ2n) is 3.71. The number of amides is 1. The van der Waals surface area contributed by atoms with Gasteiger partial charge in [-0.05, 0) is 23.8 Å². The Morgan fingerprint density at radius 1 is 1.26 bits per heavy atom. The van der Waals surface area contributed by atoms with Crippen LogP contribution in [0.1, 0.15) is 16.2 Å². The molecule has 2 N–H and O–H groups in total. The van der Waals surface area contributed by atoms with E-state index < -0.39 is 5.91 Å². The highest BCUT2D eigenvalue weighted by molar-refractivity contribution is 6.02. The van der Waals surface area contributed by atoms with Gasteiger partial charge in [-0.1, -0.05) is 0 Å². The van der Waals surface area contributed by atoms with E-state index in [9.17, 15) is 4.79 Å². The van der Waals surface area contributed by atoms with Crippen molar-refractivity contribution in [1.82, 2.24) is 20.6 Å². The van der Waals surface area contributed by atoms with Crippen molar-refractivity contribution in [2.45, 2.75) is 6.92 Å². The summed E-state index contributed by atoms with van der Waals surface area (Å²) in [7, 11) is 3.08. The highest BCUT2D eigenvalue weighted by atomic mass is 16.5. The monoisotopic (exact) mass is 263 g/mol. The molecule has 0 saturated carbocycles. The lowest BCUT2D eigenvalue weighted by Gasteiger charge is -2.12. The van der Waals surface area contributed by atoms with Crippen LogP contribution in [-0.2, 0) is 0 Å². The van der Waals surface area contributed by atoms with E-state index in [4.69, 9.17) is 9.47 Å². The topological polar surface area (TPSA) is 102 Å². The number of nitrogens with zero attached hydrogens (tertiary/aromatic N) is 3. The normalized spacial score (nSPS) is 10.1. The lowest BCUT2D eigenvalue weighted by Crippen LogP contribution is -2.14. The van der Waals surface area contributed by atoms with Gasteiger partial charge in [0.15, 0.2) is 11.5 Å². The number of tetrazole rings is 1. The summed E-state index contributed by atoms with van der Waals surface area (Å²) in [5, 5.41) is 15.4. The molecular weight excluding hydrogens is 250 g/mol. The summed E-state index contributed by atoms with van der Waals surface area (Å²) in [5.41, 5.74) is 1.42. The minimum absolute atomic E-state index is 0.0332. The molecule has 0 aliphatic carbocycles. The van der Waals surface area contributed by atoms with Crippen LogP contribution in [0.4, 0.5) is 5.69 Å². The van der Waals surface area contributed by atoms with Crippen LogP contribution in [0.3, 0.4) is 0 Å². The second-order valence-corrected chi connectivity index (χ2v) is 3.71. The average Bonchev–Trinajstić information content (AvgIpc) is 2.94. The van der Waals surface area contributed by atoms with E-state index in [1.807, 2.05) is 6.92 Å². The summed E-state index contributed by atoms with van der Waals surface area (Å²) in [4.78, 5) is 11.8. The third kappa shape index (κ3) is 2.62. The Balaban J connectivity index is 2.28. The van der Waals surface area contributed by atoms with Crippen molar-refractivity contribution in [3.05, 3.63) is 23.5 Å². The lowest BCUT2D eigenvalue weighted by atomic mass is 10.1. The number of aromatic nitrogens is 4. The Hall–Kier alpha value is -2.64. The van der Waals surface area contributed by atoms with Crippen molar-refractivity contribution in [2.75, 3.05) is 19.5 Å². The summed E-state index contributed by atoms with van der Waals surface area (Å²) in [6.07, 6.45) is 0. The molecule has 1 aromatic carbocycles. The van der Waals surface area contributed by atoms with Gasteiger partial charge in [0.1, 0.15) is 0 Å². The molecule has 2 aromatic rings. The van der Waals surface area contributed by atoms with Crippen LogP contribution in [0.15, 0.2) is 12.1 Å². The Labute approximate surface area is 109 Å². The number of rotatable bonds is 4. The third-order valence-corrected chi connectivity index (χ3v) is 2.53. The molecule has 2 rings (SSSR count). The summed E-state index contributed by atoms with van der Waals surface area (Å²) in [6, 6.07) is 3.44. The Morgan fingerprint density at radius 2 is 1.95 bits per heavy atom. The van der Waals surface area contributed by atoms with E-state index in [1.54, 1.807) is 19.2 Å². The molecule has 0 saturated heterocycles. The first-order valence-corrected chi connectivity index (χ1v) is 5.43. The van der Waals surface area contributed by atoms with E-state index in [2.05, 4.69) is 25.9 Å². The number of ether oxygens (including phenoxy) is 2. The maximum absolute atomic E-state index is 11.8. The van der Waals surface area contributed by atoms with Crippen molar-refractivity contribution in [1.29, 1.82) is 0 Å². The number of carbonyl (C=O) groups excluding carboxylic acids is 1. The van der Waals surface area contributed by atoms with Gasteiger partial charge < -0.3 is 14.8 Å². The van der Waals surface area contributed by atoms with Crippen molar-refractivity contribution in [3.8, 4) is 11.5 Å². The Kier molecular flexibility index (Phi) is 3.60. The number of hydrogen-bond acceptors (Lipinski definition) is 6. The fourth-order valence-corrected chi connectivity index (χ4v) is 1.55. The molecule has 0 radical (unpaired) electrons. The summed E-state index contributed by atoms with van der Waals surface area (Å²) < 4.78 is 10.3. The van der Waals surface area contributed by atoms with Gasteiger partial charge in [-0.15, -0.1) is 10.2 Å². The fraction of sp³-hybridized carbons (Fsp3) is 0.273. The van der Waals surface area contributed by atoms with Crippen LogP contribution in [0.2, 0.25) is 0 Å². The van der Waals surface area contributed by atoms with Crippen LogP contribution in [0.5, 0.6) is 11.5 Å². The van der Waals surface area contributed by atoms with Gasteiger partial charge in [0, 0.05) is 11.8 Å². The fourth-order valence-electron chi connectivity index (χ4n) is 1.55. The van der Waals surface area contributed by atoms with Gasteiger partial charge in [-0.2, -0.15) is 5.21 Å². The van der Waals surface area contributed by atoms with Gasteiger partial charge in [0.05, 0.1) is 14.2 Å². The number of anilines is 1. The van der Waals surface area contributed by atoms with Gasteiger partial charge in [-0.25, -0.2) is 0 Å². The quantitative estimate of drug-likeness (QED) is 0.845. The zero-order chi connectivity index (χ0) is 13.8. The average molecular weight is 263 g/mol. The molecule has 8 heteroatoms. The maximum Gasteiger partial charge on any atom is 0.297 e. The highest BCUT2D eigenvalue weighted by Gasteiger charge is 2.14. The van der Waals surface area contributed by atoms with Crippen molar-refractivity contribution in [3.63, 3.8) is 0 Å². The number of benzene rings is 1. The third-order valence-electron chi connectivity index (χ3n) is 2.53. The minimum Gasteiger partial charge on any atom is -0.493 e. The maximum atomic E-state index is 11.8. The second kappa shape index (κ2) is 5.34. The van der Waals surface area contributed by atoms with Gasteiger partial charge in [0.2, 0.25) is 0 Å². The molecule has 1 amide bonds. The molecular formula is C11H13N5O3. The zero-order valence-corrected chi connectivity index (χ0v) is 10.7. The van der Waals surface area contributed by atoms with Crippen LogP contribution in [0, 0.1) is 6.92 Å². The smallest absolute Gasteiger partial charge is 0.297 e. The van der Waals surface area contributed by atoms with E-state index in [0.717, 1.165) is 5.56 Å². The highest BCUT2D eigenvalue weighted by Crippen LogP contribution is 2.32. The van der Waals surface area contributed by atoms with Gasteiger partial charge >= 0.3 is 0 Å². The Bertz CT molecular complexity index is 582. The summed E-state index contributed by atoms with van der Waals surface area (Å²) in [5.74, 6) is 0.632. The molecule has 0 aliphatic heterocycles. The predicted octanol–water partition coefficient (Wildman–Crippen LogP) is 0.778. The molecule has 0 unspecified atom stereocenters. The molecule has 19 heavy (non-hydrogen) atoms. The van der Waals surface area contributed by atoms with E-state index >= 15 is 0 Å². The predicted molar refractivity (Wildman–Crippen MR) is 66.4 cm³/mol. The zero-order valence-electron chi connectivity index (χ0n) is 10.7. The first-order valence-electron chi connectivity index (χ1n) is 5.43. The number of hydrogen-bond donors (Lipinski definition) is 2. The van der Waals surface area contributed by atoms with Crippen molar-refractivity contribution < 1.29 is 14.3 Å². The number of carbonyl (C=O) groups is 1. The van der Waals surface area contributed by atoms with Gasteiger partial charge in [0.25, 0.3) is 11.7 Å². The number of nitrogens with one attached hydrogen (secondary N) is 2. The summed E-state index contributed by atoms with van der Waals surface area (Å²) in [6.45, 7) is 1.84. The number of H-pyrrole nitrogens is 1. The molecule has 0 fully saturated rings. The number of aryl methyl sites for hydroxylation is 1. The Morgan fingerprint density at radius 3 is 2.53 bits per heavy atom. The first-order chi connectivity index (χ1) is 9.15. The van der Waals surface area contributed by atoms with Crippen LogP contribution in [0.25, 0.3) is 0 Å². The SMILES string of the molecule is COc1cc(C)c(NC(=O)c2nn[nH]n2)cc1OC. The molecule has 1 aromatic heterocycles. The van der Waals surface area contributed by atoms with Crippen LogP contribution >= 0.6 is 0 Å². The standard InChI is InChI=1S/C11H13N5O3/c1-6-4-8(18-2)9(19-3)5-7(6)12-11(17)10-13-15-16-14-10/h4-5H,1-3H3,(H,12,17)(H,13,14,15,16). The number of aromatic amines is 1. The van der Waals surface area contributed by atoms with Crippen molar-refractivity contribution in [2.24, 2.45) is 0 Å². The summed E-state index contributed by atoms with van der Waals surface area (Å²) >= 11 is 0. The van der Waals surface area contributed by atoms with Crippen LogP contribution in [-0.4, -0.2) is 40.8 Å². The van der Waals surface area contributed by atoms with E-state index in [0.29, 0.717) is 17.2 Å². The van der Waals surface area contributed by atoms with Gasteiger partial charge in [-0.3, -0.25) is 4.79 Å². The molecule has 0 spiro atoms. The molecule has 8 nitrogen and oxygen atoms in total. The first kappa shape index (κ1) is 12.8. The van der Waals surface area contributed by atoms with E-state index in [1.165, 1.54) is 7.11 Å². The molecule has 0 aliphatic rings. The molecule has 0 atom stereocenters. The van der Waals surface area contributed by atoms with Crippen molar-refractivity contribution >= 4 is 11.6 Å². The van der Waals surface area contributed by atoms with Crippen LogP contribution < -0.4 is 14.8 Å². The largest absolute Gasteiger partial charge is 0.493 e. The minimum atomic E-state index is -0.455.